The number of unbranched alkanes of at least 4 members (excludes halogenated alkanes) is 1. The van der Waals surface area contributed by atoms with E-state index >= 15 is 0 Å². The van der Waals surface area contributed by atoms with Gasteiger partial charge >= 0.3 is 0 Å². The Morgan fingerprint density at radius 3 is 1.44 bits per heavy atom. The molecule has 592 valence electrons. The first-order valence-electron chi connectivity index (χ1n) is 39.6. The van der Waals surface area contributed by atoms with Crippen molar-refractivity contribution in [2.75, 3.05) is 183 Å². The summed E-state index contributed by atoms with van der Waals surface area (Å²) in [6.07, 6.45) is 19.8. The standard InChI is InChI=1S/C40H60N10O6S.2C19H27N5O2/c1-39-23-36(52)46-40(39,2)27-57-34(39)10-4-5-11-35(51)42-13-17-54-19-20-55-18-16-50-25-29(47-48-50)26-56-33-22-31-30(21-32(33)53-3)37(43-28-9-8-12-41-24-28)45-38(44-31)49-14-6-7-15-49;2*1-25-16-10-14-15(11-17(16)26-2)22-19(24-8-3-4-9-24)23-18(14)21-13-6-5-7-20-12-13/h21-22,25,28,34,41H,4-20,23-24,26-27H2,1-3H3,(H,42,51)(H,46,52)(H,43,44,45);2*10-11,13,20H,3-9,12H2,1-2H3,(H,21,22,23)/t28-,34+,39-,40+;2*13-/m110/s1. The molecule has 0 radical (unpaired) electrons. The molecule has 8 saturated heterocycles. The lowest BCUT2D eigenvalue weighted by Gasteiger charge is -2.36. The van der Waals surface area contributed by atoms with E-state index in [9.17, 15) is 9.59 Å². The van der Waals surface area contributed by atoms with Gasteiger partial charge in [0.05, 0.1) is 96.8 Å². The van der Waals surface area contributed by atoms with Crippen LogP contribution in [0, 0.1) is 5.41 Å². The number of carbonyl (C=O) groups is 2. The number of anilines is 6. The third-order valence-corrected chi connectivity index (χ3v) is 24.3. The minimum Gasteiger partial charge on any atom is -0.493 e. The fourth-order valence-corrected chi connectivity index (χ4v) is 17.9. The predicted octanol–water partition coefficient (Wildman–Crippen LogP) is 8.51. The number of fused-ring (bicyclic) bond motifs is 4. The van der Waals surface area contributed by atoms with Crippen molar-refractivity contribution in [2.24, 2.45) is 5.41 Å². The molecule has 15 rings (SSSR count). The van der Waals surface area contributed by atoms with E-state index in [0.717, 1.165) is 210 Å². The average Bonchev–Trinajstić information content (AvgIpc) is 1.61. The first kappa shape index (κ1) is 78.6. The maximum Gasteiger partial charge on any atom is 0.227 e. The van der Waals surface area contributed by atoms with Crippen molar-refractivity contribution < 1.29 is 47.5 Å². The van der Waals surface area contributed by atoms with E-state index in [1.807, 2.05) is 54.4 Å². The summed E-state index contributed by atoms with van der Waals surface area (Å²) in [5, 5.41) is 39.3. The quantitative estimate of drug-likeness (QED) is 0.0189. The first-order valence-corrected chi connectivity index (χ1v) is 40.6. The van der Waals surface area contributed by atoms with E-state index in [1.165, 1.54) is 38.5 Å². The van der Waals surface area contributed by atoms with Gasteiger partial charge in [0.25, 0.3) is 0 Å². The van der Waals surface area contributed by atoms with Crippen LogP contribution in [0.25, 0.3) is 32.7 Å². The Hall–Kier alpha value is -8.49. The highest BCUT2D eigenvalue weighted by Gasteiger charge is 2.60. The van der Waals surface area contributed by atoms with Crippen LogP contribution in [0.3, 0.4) is 0 Å². The van der Waals surface area contributed by atoms with Crippen LogP contribution in [-0.4, -0.2) is 238 Å². The molecule has 6 atom stereocenters. The van der Waals surface area contributed by atoms with Gasteiger partial charge in [-0.15, -0.1) is 5.10 Å². The number of nitrogens with zero attached hydrogens (tertiary/aromatic N) is 12. The van der Waals surface area contributed by atoms with Crippen LogP contribution in [0.1, 0.15) is 129 Å². The number of ether oxygens (including phenoxy) is 8. The Morgan fingerprint density at radius 2 is 0.991 bits per heavy atom. The molecule has 4 aromatic heterocycles. The summed E-state index contributed by atoms with van der Waals surface area (Å²) < 4.78 is 47.0. The van der Waals surface area contributed by atoms with E-state index in [4.69, 9.17) is 67.8 Å². The number of thioether (sulfide) groups is 1. The summed E-state index contributed by atoms with van der Waals surface area (Å²) in [7, 11) is 8.25. The molecular weight excluding hydrogens is 1410 g/mol. The molecule has 8 fully saturated rings. The Bertz CT molecular complexity index is 4020. The lowest BCUT2D eigenvalue weighted by molar-refractivity contribution is -0.121. The zero-order valence-electron chi connectivity index (χ0n) is 64.9. The Kier molecular flexibility index (Phi) is 27.4. The van der Waals surface area contributed by atoms with Crippen molar-refractivity contribution in [2.45, 2.75) is 165 Å². The highest BCUT2D eigenvalue weighted by atomic mass is 32.2. The number of amides is 2. The fraction of sp³-hybridized carbons (Fsp3) is 0.641. The van der Waals surface area contributed by atoms with Crippen molar-refractivity contribution in [1.82, 2.24) is 71.5 Å². The molecule has 109 heavy (non-hydrogen) atoms. The summed E-state index contributed by atoms with van der Waals surface area (Å²) in [5.74, 6) is 10.1. The van der Waals surface area contributed by atoms with Gasteiger partial charge in [0, 0.05) is 147 Å². The van der Waals surface area contributed by atoms with Crippen LogP contribution < -0.4 is 85.7 Å². The van der Waals surface area contributed by atoms with Crippen LogP contribution in [0.5, 0.6) is 34.5 Å². The highest BCUT2D eigenvalue weighted by molar-refractivity contribution is 8.00. The molecule has 8 aliphatic heterocycles. The third kappa shape index (κ3) is 19.8. The predicted molar refractivity (Wildman–Crippen MR) is 427 cm³/mol. The zero-order chi connectivity index (χ0) is 75.5. The van der Waals surface area contributed by atoms with Crippen LogP contribution in [0.2, 0.25) is 0 Å². The molecule has 2 amide bonds. The average molecular weight is 1520 g/mol. The number of benzene rings is 3. The number of hydrogen-bond acceptors (Lipinski definition) is 28. The minimum absolute atomic E-state index is 0.00645. The van der Waals surface area contributed by atoms with Crippen LogP contribution >= 0.6 is 11.8 Å². The number of nitrogens with one attached hydrogen (secondary N) is 8. The molecular formula is C78H114N20O10S. The summed E-state index contributed by atoms with van der Waals surface area (Å²) >= 11 is 1.96. The van der Waals surface area contributed by atoms with E-state index in [2.05, 4.69) is 81.4 Å². The topological polar surface area (TPSA) is 322 Å². The van der Waals surface area contributed by atoms with Crippen molar-refractivity contribution in [3.8, 4) is 34.5 Å². The fourth-order valence-electron chi connectivity index (χ4n) is 16.0. The molecule has 30 nitrogen and oxygen atoms in total. The smallest absolute Gasteiger partial charge is 0.227 e. The van der Waals surface area contributed by atoms with E-state index in [1.54, 1.807) is 40.2 Å². The van der Waals surface area contributed by atoms with Gasteiger partial charge in [-0.2, -0.15) is 26.7 Å². The molecule has 8 aliphatic rings. The first-order chi connectivity index (χ1) is 53.3. The number of rotatable bonds is 31. The van der Waals surface area contributed by atoms with Gasteiger partial charge < -0.3 is 95.1 Å². The molecule has 3 aromatic carbocycles. The molecule has 0 unspecified atom stereocenters. The van der Waals surface area contributed by atoms with E-state index < -0.39 is 0 Å². The van der Waals surface area contributed by atoms with Crippen molar-refractivity contribution in [3.05, 3.63) is 48.3 Å². The Labute approximate surface area is 644 Å². The zero-order valence-corrected chi connectivity index (χ0v) is 65.7. The second-order valence-electron chi connectivity index (χ2n) is 30.1. The number of carbonyl (C=O) groups excluding carboxylic acids is 2. The molecule has 0 spiro atoms. The van der Waals surface area contributed by atoms with Gasteiger partial charge in [0.15, 0.2) is 34.5 Å². The van der Waals surface area contributed by atoms with E-state index in [-0.39, 0.29) is 29.4 Å². The molecule has 8 N–H and O–H groups in total. The van der Waals surface area contributed by atoms with Crippen molar-refractivity contribution in [3.63, 3.8) is 0 Å². The minimum atomic E-state index is -0.111. The SMILES string of the molecule is COc1cc2c(N[C@@H]3CCCNC3)nc(N3CCCC3)nc2cc1OCc1cn(CCOCCOCCNC(=O)CCCC[C@@H]2SC[C@]3(C)NC(=O)C[C@]23C)nn1.COc1cc2nc(N3CCCC3)nc(N[C@@H]3CCCNC3)c2cc1OC.COc1cc2nc(N3CCCC3)nc(N[C@H]3CCCNC3)c2cc1OC. The van der Waals surface area contributed by atoms with Gasteiger partial charge in [-0.3, -0.25) is 9.59 Å². The number of hydrogen-bond donors (Lipinski definition) is 8. The van der Waals surface area contributed by atoms with Gasteiger partial charge in [0.2, 0.25) is 29.7 Å². The van der Waals surface area contributed by atoms with Gasteiger partial charge in [-0.25, -0.2) is 19.6 Å². The molecule has 0 saturated carbocycles. The van der Waals surface area contributed by atoms with Crippen molar-refractivity contribution >= 4 is 91.6 Å². The van der Waals surface area contributed by atoms with Crippen LogP contribution in [0.4, 0.5) is 35.3 Å². The van der Waals surface area contributed by atoms with E-state index in [0.29, 0.717) is 116 Å². The molecule has 12 heterocycles. The molecule has 0 aliphatic carbocycles. The normalized spacial score (nSPS) is 22.5. The van der Waals surface area contributed by atoms with Gasteiger partial charge in [0.1, 0.15) is 29.8 Å². The molecule has 7 aromatic rings. The summed E-state index contributed by atoms with van der Waals surface area (Å²) in [6, 6.07) is 12.8. The summed E-state index contributed by atoms with van der Waals surface area (Å²) in [6.45, 7) is 19.4. The number of piperidine rings is 3. The lowest BCUT2D eigenvalue weighted by Crippen LogP contribution is -2.49. The summed E-state index contributed by atoms with van der Waals surface area (Å²) in [5.41, 5.74) is 3.13. The van der Waals surface area contributed by atoms with Gasteiger partial charge in [-0.05, 0) is 135 Å². The Balaban J connectivity index is 0.000000165. The number of aromatic nitrogens is 9. The number of methoxy groups -OCH3 is 5. The largest absolute Gasteiger partial charge is 0.493 e. The molecule has 31 heteroatoms. The second kappa shape index (κ2) is 38.0. The highest BCUT2D eigenvalue weighted by Crippen LogP contribution is 2.56. The Morgan fingerprint density at radius 1 is 0.550 bits per heavy atom. The monoisotopic (exact) mass is 1520 g/mol. The molecule has 0 bridgehead atoms. The second-order valence-corrected chi connectivity index (χ2v) is 31.3. The summed E-state index contributed by atoms with van der Waals surface area (Å²) in [4.78, 5) is 60.5. The van der Waals surface area contributed by atoms with Crippen LogP contribution in [0.15, 0.2) is 42.6 Å². The van der Waals surface area contributed by atoms with Crippen molar-refractivity contribution in [1.29, 1.82) is 0 Å². The van der Waals surface area contributed by atoms with Crippen LogP contribution in [-0.2, 0) is 32.2 Å². The maximum atomic E-state index is 12.3. The van der Waals surface area contributed by atoms with Gasteiger partial charge in [-0.1, -0.05) is 18.6 Å². The third-order valence-electron chi connectivity index (χ3n) is 22.4. The maximum absolute atomic E-state index is 12.3. The lowest BCUT2D eigenvalue weighted by atomic mass is 9.70.